The Balaban J connectivity index is 2.25. The normalized spacial score (nSPS) is 27.1. The van der Waals surface area contributed by atoms with Crippen LogP contribution >= 0.6 is 0 Å². The second-order valence-corrected chi connectivity index (χ2v) is 6.29. The van der Waals surface area contributed by atoms with Crippen LogP contribution in [-0.2, 0) is 9.47 Å². The molecule has 2 N–H and O–H groups in total. The molecule has 1 saturated carbocycles. The first-order valence-corrected chi connectivity index (χ1v) is 8.20. The molecule has 2 atom stereocenters. The molecule has 4 heteroatoms. The molecular weight excluding hydrogens is 254 g/mol. The van der Waals surface area contributed by atoms with Gasteiger partial charge in [0.05, 0.1) is 25.9 Å². The summed E-state index contributed by atoms with van der Waals surface area (Å²) in [6.45, 7) is 8.79. The summed E-state index contributed by atoms with van der Waals surface area (Å²) in [6, 6.07) is 0.387. The van der Waals surface area contributed by atoms with Crippen LogP contribution in [0.15, 0.2) is 0 Å². The monoisotopic (exact) mass is 287 g/mol. The van der Waals surface area contributed by atoms with Gasteiger partial charge >= 0.3 is 0 Å². The summed E-state index contributed by atoms with van der Waals surface area (Å²) in [5.74, 6) is 0. The number of nitrogens with one attached hydrogen (secondary N) is 1. The average Bonchev–Trinajstić information content (AvgIpc) is 2.42. The summed E-state index contributed by atoms with van der Waals surface area (Å²) >= 11 is 0. The summed E-state index contributed by atoms with van der Waals surface area (Å²) in [5, 5.41) is 13.3. The Morgan fingerprint density at radius 2 is 2.10 bits per heavy atom. The summed E-state index contributed by atoms with van der Waals surface area (Å²) in [6.07, 6.45) is 6.68. The maximum atomic E-state index is 9.73. The molecule has 0 amide bonds. The average molecular weight is 287 g/mol. The van der Waals surface area contributed by atoms with Crippen molar-refractivity contribution >= 4 is 0 Å². The lowest BCUT2D eigenvalue weighted by Gasteiger charge is -2.41. The van der Waals surface area contributed by atoms with Crippen LogP contribution in [0.25, 0.3) is 0 Å². The van der Waals surface area contributed by atoms with Crippen LogP contribution in [0.4, 0.5) is 0 Å². The standard InChI is InChI=1S/C16H33NO3/c1-4-5-9-19-10-11-20-15-7-6-8-16(12-15,13-18)17-14(2)3/h14-15,17-18H,4-13H2,1-3H3. The van der Waals surface area contributed by atoms with E-state index in [-0.39, 0.29) is 18.2 Å². The highest BCUT2D eigenvalue weighted by atomic mass is 16.5. The van der Waals surface area contributed by atoms with Crippen LogP contribution in [0.3, 0.4) is 0 Å². The molecule has 0 saturated heterocycles. The van der Waals surface area contributed by atoms with Crippen molar-refractivity contribution in [3.8, 4) is 0 Å². The fraction of sp³-hybridized carbons (Fsp3) is 1.00. The summed E-state index contributed by atoms with van der Waals surface area (Å²) in [4.78, 5) is 0. The van der Waals surface area contributed by atoms with Gasteiger partial charge in [-0.3, -0.25) is 0 Å². The van der Waals surface area contributed by atoms with E-state index < -0.39 is 0 Å². The smallest absolute Gasteiger partial charge is 0.0704 e. The SMILES string of the molecule is CCCCOCCOC1CCCC(CO)(NC(C)C)C1. The van der Waals surface area contributed by atoms with Gasteiger partial charge in [0.15, 0.2) is 0 Å². The van der Waals surface area contributed by atoms with Crippen LogP contribution in [0.2, 0.25) is 0 Å². The second kappa shape index (κ2) is 9.72. The summed E-state index contributed by atoms with van der Waals surface area (Å²) in [7, 11) is 0. The van der Waals surface area contributed by atoms with Gasteiger partial charge in [-0.2, -0.15) is 0 Å². The van der Waals surface area contributed by atoms with Crippen molar-refractivity contribution in [3.05, 3.63) is 0 Å². The van der Waals surface area contributed by atoms with E-state index >= 15 is 0 Å². The molecule has 0 aromatic rings. The van der Waals surface area contributed by atoms with Gasteiger partial charge in [-0.15, -0.1) is 0 Å². The molecule has 4 nitrogen and oxygen atoms in total. The highest BCUT2D eigenvalue weighted by Gasteiger charge is 2.36. The third kappa shape index (κ3) is 6.53. The molecule has 120 valence electrons. The van der Waals surface area contributed by atoms with Gasteiger partial charge in [0.1, 0.15) is 0 Å². The van der Waals surface area contributed by atoms with E-state index in [9.17, 15) is 5.11 Å². The zero-order valence-corrected chi connectivity index (χ0v) is 13.5. The zero-order valence-electron chi connectivity index (χ0n) is 13.5. The Bertz CT molecular complexity index is 248. The summed E-state index contributed by atoms with van der Waals surface area (Å²) in [5.41, 5.74) is -0.153. The molecule has 0 aliphatic heterocycles. The highest BCUT2D eigenvalue weighted by molar-refractivity contribution is 4.94. The zero-order chi connectivity index (χ0) is 14.8. The van der Waals surface area contributed by atoms with Crippen LogP contribution in [0, 0.1) is 0 Å². The molecular formula is C16H33NO3. The highest BCUT2D eigenvalue weighted by Crippen LogP contribution is 2.30. The first kappa shape index (κ1) is 17.9. The van der Waals surface area contributed by atoms with Crippen LogP contribution < -0.4 is 5.32 Å². The Morgan fingerprint density at radius 3 is 2.75 bits per heavy atom. The number of aliphatic hydroxyl groups excluding tert-OH is 1. The Morgan fingerprint density at radius 1 is 1.30 bits per heavy atom. The Hall–Kier alpha value is -0.160. The van der Waals surface area contributed by atoms with Crippen LogP contribution in [0.5, 0.6) is 0 Å². The third-order valence-corrected chi connectivity index (χ3v) is 3.92. The van der Waals surface area contributed by atoms with Crippen molar-refractivity contribution in [3.63, 3.8) is 0 Å². The molecule has 0 spiro atoms. The lowest BCUT2D eigenvalue weighted by Crippen LogP contribution is -2.55. The molecule has 0 bridgehead atoms. The van der Waals surface area contributed by atoms with Gasteiger partial charge in [0.25, 0.3) is 0 Å². The van der Waals surface area contributed by atoms with E-state index in [0.29, 0.717) is 19.3 Å². The predicted octanol–water partition coefficient (Wildman–Crippen LogP) is 2.49. The number of hydrogen-bond acceptors (Lipinski definition) is 4. The maximum absolute atomic E-state index is 9.73. The molecule has 20 heavy (non-hydrogen) atoms. The number of aliphatic hydroxyl groups is 1. The van der Waals surface area contributed by atoms with Crippen molar-refractivity contribution in [1.29, 1.82) is 0 Å². The second-order valence-electron chi connectivity index (χ2n) is 6.29. The van der Waals surface area contributed by atoms with Gasteiger partial charge in [-0.25, -0.2) is 0 Å². The third-order valence-electron chi connectivity index (χ3n) is 3.92. The van der Waals surface area contributed by atoms with Gasteiger partial charge in [0, 0.05) is 18.2 Å². The molecule has 0 aromatic carbocycles. The van der Waals surface area contributed by atoms with Crippen molar-refractivity contribution in [1.82, 2.24) is 5.32 Å². The van der Waals surface area contributed by atoms with Crippen molar-refractivity contribution < 1.29 is 14.6 Å². The predicted molar refractivity (Wildman–Crippen MR) is 82.0 cm³/mol. The minimum absolute atomic E-state index is 0.153. The Labute approximate surface area is 124 Å². The fourth-order valence-electron chi connectivity index (χ4n) is 3.01. The number of hydrogen-bond donors (Lipinski definition) is 2. The quantitative estimate of drug-likeness (QED) is 0.606. The molecule has 0 radical (unpaired) electrons. The van der Waals surface area contributed by atoms with Crippen LogP contribution in [0.1, 0.15) is 59.3 Å². The van der Waals surface area contributed by atoms with E-state index in [2.05, 4.69) is 26.1 Å². The van der Waals surface area contributed by atoms with Gasteiger partial charge < -0.3 is 19.9 Å². The van der Waals surface area contributed by atoms with Crippen molar-refractivity contribution in [2.24, 2.45) is 0 Å². The van der Waals surface area contributed by atoms with E-state index in [4.69, 9.17) is 9.47 Å². The molecule has 2 unspecified atom stereocenters. The maximum Gasteiger partial charge on any atom is 0.0704 e. The van der Waals surface area contributed by atoms with E-state index in [1.165, 1.54) is 6.42 Å². The number of unbranched alkanes of at least 4 members (excludes halogenated alkanes) is 1. The fourth-order valence-corrected chi connectivity index (χ4v) is 3.01. The van der Waals surface area contributed by atoms with Gasteiger partial charge in [0.2, 0.25) is 0 Å². The first-order chi connectivity index (χ1) is 9.62. The van der Waals surface area contributed by atoms with Crippen molar-refractivity contribution in [2.75, 3.05) is 26.4 Å². The molecule has 1 aliphatic carbocycles. The minimum atomic E-state index is -0.153. The molecule has 1 aliphatic rings. The minimum Gasteiger partial charge on any atom is -0.394 e. The molecule has 1 fully saturated rings. The van der Waals surface area contributed by atoms with Crippen LogP contribution in [-0.4, -0.2) is 49.2 Å². The van der Waals surface area contributed by atoms with E-state index in [0.717, 1.165) is 38.7 Å². The van der Waals surface area contributed by atoms with Crippen molar-refractivity contribution in [2.45, 2.75) is 77.0 Å². The Kier molecular flexibility index (Phi) is 8.69. The first-order valence-electron chi connectivity index (χ1n) is 8.20. The molecule has 0 aromatic heterocycles. The lowest BCUT2D eigenvalue weighted by atomic mass is 9.80. The van der Waals surface area contributed by atoms with Gasteiger partial charge in [-0.05, 0) is 32.1 Å². The molecule has 0 heterocycles. The topological polar surface area (TPSA) is 50.7 Å². The lowest BCUT2D eigenvalue weighted by molar-refractivity contribution is -0.0394. The van der Waals surface area contributed by atoms with E-state index in [1.807, 2.05) is 0 Å². The largest absolute Gasteiger partial charge is 0.394 e. The van der Waals surface area contributed by atoms with E-state index in [1.54, 1.807) is 0 Å². The van der Waals surface area contributed by atoms with Gasteiger partial charge in [-0.1, -0.05) is 27.2 Å². The number of rotatable bonds is 10. The number of ether oxygens (including phenoxy) is 2. The summed E-state index contributed by atoms with van der Waals surface area (Å²) < 4.78 is 11.4. The molecule has 1 rings (SSSR count).